The van der Waals surface area contributed by atoms with Crippen LogP contribution in [0.15, 0.2) is 0 Å². The quantitative estimate of drug-likeness (QED) is 0.604. The van der Waals surface area contributed by atoms with Crippen LogP contribution in [0.3, 0.4) is 0 Å². The molecule has 1 aliphatic rings. The Bertz CT molecular complexity index is 373. The molecule has 1 aromatic rings. The summed E-state index contributed by atoms with van der Waals surface area (Å²) >= 11 is 0. The zero-order chi connectivity index (χ0) is 10.3. The molecule has 2 heterocycles. The first-order valence-corrected chi connectivity index (χ1v) is 4.39. The summed E-state index contributed by atoms with van der Waals surface area (Å²) < 4.78 is 0. The molecule has 0 amide bonds. The van der Waals surface area contributed by atoms with Gasteiger partial charge in [0.1, 0.15) is 5.69 Å². The molecule has 6 nitrogen and oxygen atoms in total. The third kappa shape index (κ3) is 1.11. The molecule has 0 saturated heterocycles. The minimum atomic E-state index is -0.985. The van der Waals surface area contributed by atoms with Crippen LogP contribution in [-0.4, -0.2) is 40.9 Å². The molecule has 1 atom stereocenters. The maximum absolute atomic E-state index is 10.9. The second-order valence-electron chi connectivity index (χ2n) is 3.44. The van der Waals surface area contributed by atoms with Gasteiger partial charge in [0.2, 0.25) is 0 Å². The predicted octanol–water partition coefficient (Wildman–Crippen LogP) is 0.358. The summed E-state index contributed by atoms with van der Waals surface area (Å²) in [6.45, 7) is 2.79. The van der Waals surface area contributed by atoms with Gasteiger partial charge in [-0.15, -0.1) is 0 Å². The minimum absolute atomic E-state index is 0.140. The summed E-state index contributed by atoms with van der Waals surface area (Å²) in [5, 5.41) is 18.4. The maximum Gasteiger partial charge on any atom is 0.356 e. The van der Waals surface area contributed by atoms with E-state index in [0.717, 1.165) is 6.54 Å². The highest BCUT2D eigenvalue weighted by atomic mass is 16.4. The predicted molar refractivity (Wildman–Crippen MR) is 51.9 cm³/mol. The highest BCUT2D eigenvalue weighted by Gasteiger charge is 2.28. The summed E-state index contributed by atoms with van der Waals surface area (Å²) in [5.41, 5.74) is 0.776. The molecule has 1 aromatic heterocycles. The summed E-state index contributed by atoms with van der Waals surface area (Å²) in [6, 6.07) is 0.262. The van der Waals surface area contributed by atoms with Crippen LogP contribution in [-0.2, 0) is 0 Å². The molecule has 6 heteroatoms. The van der Waals surface area contributed by atoms with E-state index in [1.807, 2.05) is 18.9 Å². The van der Waals surface area contributed by atoms with Gasteiger partial charge in [0.15, 0.2) is 11.5 Å². The molecular formula is C8H12N4O2. The molecule has 0 radical (unpaired) electrons. The molecule has 0 aliphatic carbocycles. The van der Waals surface area contributed by atoms with Crippen molar-refractivity contribution in [1.29, 1.82) is 0 Å². The normalized spacial score (nSPS) is 20.1. The van der Waals surface area contributed by atoms with Crippen LogP contribution in [0.4, 0.5) is 11.5 Å². The molecule has 3 N–H and O–H groups in total. The maximum atomic E-state index is 10.9. The van der Waals surface area contributed by atoms with Crippen LogP contribution >= 0.6 is 0 Å². The topological polar surface area (TPSA) is 81.2 Å². The van der Waals surface area contributed by atoms with E-state index in [4.69, 9.17) is 5.11 Å². The molecule has 0 spiro atoms. The zero-order valence-corrected chi connectivity index (χ0v) is 8.03. The van der Waals surface area contributed by atoms with Gasteiger partial charge in [-0.05, 0) is 6.92 Å². The molecule has 0 unspecified atom stereocenters. The molecular weight excluding hydrogens is 184 g/mol. The average Bonchev–Trinajstić information content (AvgIpc) is 2.55. The Morgan fingerprint density at radius 3 is 3.07 bits per heavy atom. The third-order valence-electron chi connectivity index (χ3n) is 2.53. The number of hydrogen-bond donors (Lipinski definition) is 3. The van der Waals surface area contributed by atoms with Crippen molar-refractivity contribution in [1.82, 2.24) is 10.2 Å². The lowest BCUT2D eigenvalue weighted by Gasteiger charge is -2.31. The lowest BCUT2D eigenvalue weighted by atomic mass is 10.2. The van der Waals surface area contributed by atoms with Gasteiger partial charge in [-0.3, -0.25) is 5.10 Å². The van der Waals surface area contributed by atoms with Crippen molar-refractivity contribution in [2.45, 2.75) is 13.0 Å². The molecule has 0 aromatic carbocycles. The second-order valence-corrected chi connectivity index (χ2v) is 3.44. The largest absolute Gasteiger partial charge is 0.476 e. The van der Waals surface area contributed by atoms with Crippen molar-refractivity contribution in [2.24, 2.45) is 0 Å². The summed E-state index contributed by atoms with van der Waals surface area (Å²) in [7, 11) is 1.87. The molecule has 0 saturated carbocycles. The van der Waals surface area contributed by atoms with Gasteiger partial charge in [0.25, 0.3) is 0 Å². The highest BCUT2D eigenvalue weighted by molar-refractivity contribution is 5.96. The first-order chi connectivity index (χ1) is 6.61. The van der Waals surface area contributed by atoms with Gasteiger partial charge < -0.3 is 15.3 Å². The van der Waals surface area contributed by atoms with E-state index >= 15 is 0 Å². The van der Waals surface area contributed by atoms with Crippen molar-refractivity contribution in [3.05, 3.63) is 5.69 Å². The minimum Gasteiger partial charge on any atom is -0.476 e. The number of carboxylic acid groups (broad SMARTS) is 1. The fourth-order valence-electron chi connectivity index (χ4n) is 1.55. The molecule has 14 heavy (non-hydrogen) atoms. The second kappa shape index (κ2) is 2.90. The van der Waals surface area contributed by atoms with Crippen molar-refractivity contribution in [3.8, 4) is 0 Å². The standard InChI is InChI=1S/C8H12N4O2/c1-4-3-9-7-6(12(4)2)5(8(13)14)10-11-7/h4H,3H2,1-2H3,(H,13,14)(H2,9,10,11)/t4-/m0/s1. The van der Waals surface area contributed by atoms with Crippen LogP contribution < -0.4 is 10.2 Å². The number of fused-ring (bicyclic) bond motifs is 1. The summed E-state index contributed by atoms with van der Waals surface area (Å²) in [4.78, 5) is 12.8. The van der Waals surface area contributed by atoms with Crippen molar-refractivity contribution < 1.29 is 9.90 Å². The summed E-state index contributed by atoms with van der Waals surface area (Å²) in [5.74, 6) is -0.371. The molecule has 0 bridgehead atoms. The Morgan fingerprint density at radius 1 is 1.71 bits per heavy atom. The van der Waals surface area contributed by atoms with Crippen LogP contribution in [0.25, 0.3) is 0 Å². The fraction of sp³-hybridized carbons (Fsp3) is 0.500. The number of nitrogens with one attached hydrogen (secondary N) is 2. The van der Waals surface area contributed by atoms with Crippen molar-refractivity contribution in [2.75, 3.05) is 23.8 Å². The van der Waals surface area contributed by atoms with E-state index in [1.165, 1.54) is 0 Å². The first kappa shape index (κ1) is 8.86. The van der Waals surface area contributed by atoms with Gasteiger partial charge in [-0.25, -0.2) is 4.79 Å². The van der Waals surface area contributed by atoms with Gasteiger partial charge in [-0.2, -0.15) is 5.10 Å². The number of nitrogens with zero attached hydrogens (tertiary/aromatic N) is 2. The van der Waals surface area contributed by atoms with Gasteiger partial charge in [0.05, 0.1) is 0 Å². The monoisotopic (exact) mass is 196 g/mol. The lowest BCUT2D eigenvalue weighted by molar-refractivity contribution is 0.0691. The smallest absolute Gasteiger partial charge is 0.356 e. The number of aromatic nitrogens is 2. The number of hydrogen-bond acceptors (Lipinski definition) is 4. The van der Waals surface area contributed by atoms with E-state index in [-0.39, 0.29) is 11.7 Å². The van der Waals surface area contributed by atoms with Crippen LogP contribution in [0, 0.1) is 0 Å². The number of likely N-dealkylation sites (N-methyl/N-ethyl adjacent to an activating group) is 1. The average molecular weight is 196 g/mol. The van der Waals surface area contributed by atoms with Crippen molar-refractivity contribution in [3.63, 3.8) is 0 Å². The van der Waals surface area contributed by atoms with E-state index < -0.39 is 5.97 Å². The van der Waals surface area contributed by atoms with E-state index in [9.17, 15) is 4.79 Å². The lowest BCUT2D eigenvalue weighted by Crippen LogP contribution is -2.39. The zero-order valence-electron chi connectivity index (χ0n) is 8.03. The van der Waals surface area contributed by atoms with Gasteiger partial charge in [-0.1, -0.05) is 0 Å². The van der Waals surface area contributed by atoms with Crippen LogP contribution in [0.1, 0.15) is 17.4 Å². The number of aromatic carboxylic acids is 1. The van der Waals surface area contributed by atoms with Crippen LogP contribution in [0.2, 0.25) is 0 Å². The van der Waals surface area contributed by atoms with Gasteiger partial charge in [0, 0.05) is 19.6 Å². The SMILES string of the molecule is C[C@H]1CNc2n[nH]c(C(=O)O)c2N1C. The molecule has 1 aliphatic heterocycles. The Hall–Kier alpha value is -1.72. The number of carboxylic acids is 1. The number of carbonyl (C=O) groups is 1. The number of anilines is 2. The van der Waals surface area contributed by atoms with Crippen molar-refractivity contribution >= 4 is 17.5 Å². The van der Waals surface area contributed by atoms with E-state index in [1.54, 1.807) is 0 Å². The van der Waals surface area contributed by atoms with Crippen LogP contribution in [0.5, 0.6) is 0 Å². The van der Waals surface area contributed by atoms with Gasteiger partial charge >= 0.3 is 5.97 Å². The Balaban J connectivity index is 2.49. The fourth-order valence-corrected chi connectivity index (χ4v) is 1.55. The van der Waals surface area contributed by atoms with E-state index in [2.05, 4.69) is 15.5 Å². The van der Waals surface area contributed by atoms with E-state index in [0.29, 0.717) is 11.5 Å². The Labute approximate surface area is 80.9 Å². The Kier molecular flexibility index (Phi) is 1.83. The number of rotatable bonds is 1. The highest BCUT2D eigenvalue weighted by Crippen LogP contribution is 2.31. The third-order valence-corrected chi connectivity index (χ3v) is 2.53. The number of aromatic amines is 1. The number of H-pyrrole nitrogens is 1. The Morgan fingerprint density at radius 2 is 2.43 bits per heavy atom. The molecule has 76 valence electrons. The first-order valence-electron chi connectivity index (χ1n) is 4.39. The molecule has 0 fully saturated rings. The molecule has 2 rings (SSSR count). The summed E-state index contributed by atoms with van der Waals surface area (Å²) in [6.07, 6.45) is 0.